The van der Waals surface area contributed by atoms with E-state index in [-0.39, 0.29) is 0 Å². The van der Waals surface area contributed by atoms with Gasteiger partial charge in [-0.2, -0.15) is 5.10 Å². The van der Waals surface area contributed by atoms with Crippen LogP contribution in [0.3, 0.4) is 0 Å². The smallest absolute Gasteiger partial charge is 0.320 e. The molecule has 5 nitrogen and oxygen atoms in total. The molecule has 0 aliphatic rings. The van der Waals surface area contributed by atoms with Crippen molar-refractivity contribution >= 4 is 5.97 Å². The third-order valence-corrected chi connectivity index (χ3v) is 3.00. The number of carboxylic acids is 1. The molecule has 0 saturated heterocycles. The highest BCUT2D eigenvalue weighted by Crippen LogP contribution is 2.15. The summed E-state index contributed by atoms with van der Waals surface area (Å²) in [6.45, 7) is 6.89. The van der Waals surface area contributed by atoms with E-state index in [1.165, 1.54) is 0 Å². The van der Waals surface area contributed by atoms with Gasteiger partial charge in [-0.3, -0.25) is 9.48 Å². The molecule has 96 valence electrons. The molecule has 1 aromatic rings. The van der Waals surface area contributed by atoms with Crippen LogP contribution in [-0.4, -0.2) is 26.9 Å². The molecule has 1 rings (SSSR count). The van der Waals surface area contributed by atoms with Crippen LogP contribution in [0.4, 0.5) is 0 Å². The van der Waals surface area contributed by atoms with Crippen molar-refractivity contribution in [1.29, 1.82) is 0 Å². The molecule has 0 aliphatic heterocycles. The molecule has 5 heteroatoms. The summed E-state index contributed by atoms with van der Waals surface area (Å²) in [4.78, 5) is 10.8. The summed E-state index contributed by atoms with van der Waals surface area (Å²) in [5, 5.41) is 13.2. The first kappa shape index (κ1) is 13.7. The maximum absolute atomic E-state index is 10.8. The van der Waals surface area contributed by atoms with Gasteiger partial charge >= 0.3 is 5.97 Å². The third kappa shape index (κ3) is 3.30. The SMILES string of the molecule is CCCCn1nc(C)c(CC(N)C(=O)O)c1C. The fourth-order valence-corrected chi connectivity index (χ4v) is 1.86. The zero-order valence-electron chi connectivity index (χ0n) is 10.7. The highest BCUT2D eigenvalue weighted by atomic mass is 16.4. The van der Waals surface area contributed by atoms with E-state index in [1.54, 1.807) is 0 Å². The Bertz CT molecular complexity index is 399. The highest BCUT2D eigenvalue weighted by molar-refractivity contribution is 5.73. The lowest BCUT2D eigenvalue weighted by atomic mass is 10.1. The van der Waals surface area contributed by atoms with E-state index < -0.39 is 12.0 Å². The molecule has 0 aromatic carbocycles. The molecule has 0 radical (unpaired) electrons. The van der Waals surface area contributed by atoms with Gasteiger partial charge in [0.2, 0.25) is 0 Å². The molecule has 0 aliphatic carbocycles. The summed E-state index contributed by atoms with van der Waals surface area (Å²) >= 11 is 0. The normalized spacial score (nSPS) is 12.7. The van der Waals surface area contributed by atoms with Crippen LogP contribution in [0.15, 0.2) is 0 Å². The van der Waals surface area contributed by atoms with Crippen LogP contribution in [0.25, 0.3) is 0 Å². The standard InChI is InChI=1S/C12H21N3O2/c1-4-5-6-15-9(3)10(8(2)14-15)7-11(13)12(16)17/h11H,4-7,13H2,1-3H3,(H,16,17). The van der Waals surface area contributed by atoms with Crippen LogP contribution < -0.4 is 5.73 Å². The Morgan fingerprint density at radius 1 is 1.53 bits per heavy atom. The molecule has 1 unspecified atom stereocenters. The van der Waals surface area contributed by atoms with Gasteiger partial charge in [0, 0.05) is 18.7 Å². The number of hydrogen-bond acceptors (Lipinski definition) is 3. The van der Waals surface area contributed by atoms with Crippen LogP contribution in [-0.2, 0) is 17.8 Å². The number of aliphatic carboxylic acids is 1. The van der Waals surface area contributed by atoms with E-state index in [4.69, 9.17) is 10.8 Å². The molecule has 1 atom stereocenters. The minimum absolute atomic E-state index is 0.346. The van der Waals surface area contributed by atoms with Crippen LogP contribution in [0.2, 0.25) is 0 Å². The number of carbonyl (C=O) groups is 1. The van der Waals surface area contributed by atoms with Crippen molar-refractivity contribution in [3.63, 3.8) is 0 Å². The number of aromatic nitrogens is 2. The van der Waals surface area contributed by atoms with Crippen molar-refractivity contribution in [3.8, 4) is 0 Å². The lowest BCUT2D eigenvalue weighted by molar-refractivity contribution is -0.138. The van der Waals surface area contributed by atoms with Gasteiger partial charge in [0.15, 0.2) is 0 Å². The van der Waals surface area contributed by atoms with Gasteiger partial charge in [-0.1, -0.05) is 13.3 Å². The van der Waals surface area contributed by atoms with E-state index >= 15 is 0 Å². The number of carboxylic acid groups (broad SMARTS) is 1. The first-order valence-corrected chi connectivity index (χ1v) is 5.98. The van der Waals surface area contributed by atoms with E-state index in [1.807, 2.05) is 18.5 Å². The number of nitrogens with zero attached hydrogens (tertiary/aromatic N) is 2. The number of aryl methyl sites for hydroxylation is 2. The Morgan fingerprint density at radius 3 is 2.71 bits per heavy atom. The lowest BCUT2D eigenvalue weighted by Crippen LogP contribution is -2.32. The number of hydrogen-bond donors (Lipinski definition) is 2. The molecule has 0 fully saturated rings. The molecule has 0 amide bonds. The average Bonchev–Trinajstić information content (AvgIpc) is 2.53. The second-order valence-corrected chi connectivity index (χ2v) is 4.37. The lowest BCUT2D eigenvalue weighted by Gasteiger charge is -2.07. The molecule has 1 aromatic heterocycles. The van der Waals surface area contributed by atoms with Crippen LogP contribution >= 0.6 is 0 Å². The van der Waals surface area contributed by atoms with Crippen LogP contribution in [0, 0.1) is 13.8 Å². The first-order chi connectivity index (χ1) is 7.97. The number of rotatable bonds is 6. The Morgan fingerprint density at radius 2 is 2.18 bits per heavy atom. The summed E-state index contributed by atoms with van der Waals surface area (Å²) in [5.74, 6) is -0.967. The predicted molar refractivity (Wildman–Crippen MR) is 65.9 cm³/mol. The Balaban J connectivity index is 2.85. The quantitative estimate of drug-likeness (QED) is 0.783. The Kier molecular flexibility index (Phi) is 4.69. The second kappa shape index (κ2) is 5.82. The van der Waals surface area contributed by atoms with Crippen molar-refractivity contribution in [3.05, 3.63) is 17.0 Å². The predicted octanol–water partition coefficient (Wildman–Crippen LogP) is 1.25. The fraction of sp³-hybridized carbons (Fsp3) is 0.667. The first-order valence-electron chi connectivity index (χ1n) is 5.98. The van der Waals surface area contributed by atoms with E-state index in [0.717, 1.165) is 36.3 Å². The zero-order chi connectivity index (χ0) is 13.0. The van der Waals surface area contributed by atoms with Crippen LogP contribution in [0.1, 0.15) is 36.7 Å². The summed E-state index contributed by atoms with van der Waals surface area (Å²) in [7, 11) is 0. The van der Waals surface area contributed by atoms with E-state index in [0.29, 0.717) is 6.42 Å². The van der Waals surface area contributed by atoms with Gasteiger partial charge in [-0.05, 0) is 25.8 Å². The van der Waals surface area contributed by atoms with Gasteiger partial charge in [0.1, 0.15) is 6.04 Å². The maximum atomic E-state index is 10.8. The molecule has 3 N–H and O–H groups in total. The number of nitrogens with two attached hydrogens (primary N) is 1. The summed E-state index contributed by atoms with van der Waals surface area (Å²) < 4.78 is 1.95. The average molecular weight is 239 g/mol. The zero-order valence-corrected chi connectivity index (χ0v) is 10.7. The van der Waals surface area contributed by atoms with E-state index in [2.05, 4.69) is 12.0 Å². The summed E-state index contributed by atoms with van der Waals surface area (Å²) in [6.07, 6.45) is 2.54. The molecule has 0 saturated carbocycles. The monoisotopic (exact) mass is 239 g/mol. The minimum Gasteiger partial charge on any atom is -0.480 e. The van der Waals surface area contributed by atoms with Crippen molar-refractivity contribution in [2.24, 2.45) is 5.73 Å². The molecular formula is C12H21N3O2. The second-order valence-electron chi connectivity index (χ2n) is 4.37. The van der Waals surface area contributed by atoms with Crippen molar-refractivity contribution < 1.29 is 9.90 Å². The van der Waals surface area contributed by atoms with Gasteiger partial charge in [-0.15, -0.1) is 0 Å². The maximum Gasteiger partial charge on any atom is 0.320 e. The summed E-state index contributed by atoms with van der Waals surface area (Å²) in [6, 6.07) is -0.851. The van der Waals surface area contributed by atoms with Crippen molar-refractivity contribution in [2.45, 2.75) is 52.6 Å². The molecule has 0 bridgehead atoms. The topological polar surface area (TPSA) is 81.1 Å². The number of unbranched alkanes of at least 4 members (excludes halogenated alkanes) is 1. The van der Waals surface area contributed by atoms with Crippen LogP contribution in [0.5, 0.6) is 0 Å². The fourth-order valence-electron chi connectivity index (χ4n) is 1.86. The van der Waals surface area contributed by atoms with E-state index in [9.17, 15) is 4.79 Å². The summed E-state index contributed by atoms with van der Waals surface area (Å²) in [5.41, 5.74) is 8.45. The van der Waals surface area contributed by atoms with Crippen molar-refractivity contribution in [2.75, 3.05) is 0 Å². The van der Waals surface area contributed by atoms with Crippen molar-refractivity contribution in [1.82, 2.24) is 9.78 Å². The van der Waals surface area contributed by atoms with Gasteiger partial charge in [-0.25, -0.2) is 0 Å². The molecule has 1 heterocycles. The molecular weight excluding hydrogens is 218 g/mol. The molecule has 0 spiro atoms. The van der Waals surface area contributed by atoms with Gasteiger partial charge < -0.3 is 10.8 Å². The van der Waals surface area contributed by atoms with Gasteiger partial charge in [0.05, 0.1) is 5.69 Å². The Hall–Kier alpha value is -1.36. The Labute approximate surface area is 102 Å². The minimum atomic E-state index is -0.967. The molecule has 17 heavy (non-hydrogen) atoms. The largest absolute Gasteiger partial charge is 0.480 e. The third-order valence-electron chi connectivity index (χ3n) is 3.00. The van der Waals surface area contributed by atoms with Gasteiger partial charge in [0.25, 0.3) is 0 Å². The highest BCUT2D eigenvalue weighted by Gasteiger charge is 2.18.